The van der Waals surface area contributed by atoms with E-state index in [2.05, 4.69) is 50.4 Å². The molecule has 0 heterocycles. The highest BCUT2D eigenvalue weighted by Gasteiger charge is 2.41. The molecule has 1 saturated carbocycles. The van der Waals surface area contributed by atoms with Crippen molar-refractivity contribution >= 4 is 0 Å². The molecule has 0 saturated heterocycles. The van der Waals surface area contributed by atoms with E-state index in [9.17, 15) is 0 Å². The summed E-state index contributed by atoms with van der Waals surface area (Å²) >= 11 is 0. The van der Waals surface area contributed by atoms with Crippen molar-refractivity contribution in [1.82, 2.24) is 5.32 Å². The highest BCUT2D eigenvalue weighted by molar-refractivity contribution is 5.27. The van der Waals surface area contributed by atoms with Crippen LogP contribution >= 0.6 is 0 Å². The molecule has 0 aliphatic heterocycles. The average Bonchev–Trinajstić information content (AvgIpc) is 2.51. The van der Waals surface area contributed by atoms with Crippen LogP contribution in [0.25, 0.3) is 0 Å². The summed E-state index contributed by atoms with van der Waals surface area (Å²) in [6, 6.07) is 9.26. The molecule has 1 fully saturated rings. The van der Waals surface area contributed by atoms with Gasteiger partial charge in [0, 0.05) is 7.11 Å². The fourth-order valence-electron chi connectivity index (χ4n) is 3.52. The molecule has 118 valence electrons. The van der Waals surface area contributed by atoms with Crippen LogP contribution in [0.4, 0.5) is 0 Å². The van der Waals surface area contributed by atoms with Crippen molar-refractivity contribution in [2.24, 2.45) is 5.92 Å². The van der Waals surface area contributed by atoms with Crippen molar-refractivity contribution < 1.29 is 4.74 Å². The van der Waals surface area contributed by atoms with E-state index in [1.54, 1.807) is 0 Å². The predicted octanol–water partition coefficient (Wildman–Crippen LogP) is 4.63. The normalized spacial score (nSPS) is 27.5. The maximum atomic E-state index is 6.11. The molecule has 1 unspecified atom stereocenters. The van der Waals surface area contributed by atoms with E-state index in [1.807, 2.05) is 7.11 Å². The molecular formula is C19H31NO. The lowest BCUT2D eigenvalue weighted by Gasteiger charge is -2.44. The fraction of sp³-hybridized carbons (Fsp3) is 0.684. The molecule has 2 rings (SSSR count). The molecule has 2 heteroatoms. The van der Waals surface area contributed by atoms with E-state index in [-0.39, 0.29) is 5.60 Å². The molecule has 1 atom stereocenters. The molecule has 1 N–H and O–H groups in total. The van der Waals surface area contributed by atoms with Gasteiger partial charge in [0.1, 0.15) is 0 Å². The van der Waals surface area contributed by atoms with Gasteiger partial charge in [-0.1, -0.05) is 43.7 Å². The first kappa shape index (κ1) is 16.5. The summed E-state index contributed by atoms with van der Waals surface area (Å²) in [4.78, 5) is 0. The summed E-state index contributed by atoms with van der Waals surface area (Å²) in [7, 11) is 1.89. The first-order chi connectivity index (χ1) is 10.1. The molecule has 1 aromatic carbocycles. The smallest absolute Gasteiger partial charge is 0.0872 e. The van der Waals surface area contributed by atoms with Gasteiger partial charge in [0.25, 0.3) is 0 Å². The number of aryl methyl sites for hydroxylation is 1. The first-order valence-electron chi connectivity index (χ1n) is 8.46. The van der Waals surface area contributed by atoms with Gasteiger partial charge in [-0.3, -0.25) is 0 Å². The lowest BCUT2D eigenvalue weighted by Crippen LogP contribution is -2.48. The van der Waals surface area contributed by atoms with E-state index < -0.39 is 0 Å². The van der Waals surface area contributed by atoms with Crippen molar-refractivity contribution in [2.45, 2.75) is 64.5 Å². The number of methoxy groups -OCH3 is 1. The van der Waals surface area contributed by atoms with Gasteiger partial charge < -0.3 is 10.1 Å². The molecule has 0 spiro atoms. The van der Waals surface area contributed by atoms with Gasteiger partial charge in [-0.15, -0.1) is 0 Å². The van der Waals surface area contributed by atoms with Gasteiger partial charge >= 0.3 is 0 Å². The second-order valence-corrected chi connectivity index (χ2v) is 6.75. The Kier molecular flexibility index (Phi) is 5.83. The number of hydrogen-bond donors (Lipinski definition) is 1. The van der Waals surface area contributed by atoms with Crippen LogP contribution in [0, 0.1) is 12.8 Å². The zero-order valence-corrected chi connectivity index (χ0v) is 14.1. The van der Waals surface area contributed by atoms with Gasteiger partial charge in [0.2, 0.25) is 0 Å². The minimum Gasteiger partial charge on any atom is -0.376 e. The number of rotatable bonds is 6. The quantitative estimate of drug-likeness (QED) is 0.824. The Bertz CT molecular complexity index is 418. The Labute approximate surface area is 130 Å². The number of ether oxygens (including phenoxy) is 1. The molecule has 0 aromatic heterocycles. The van der Waals surface area contributed by atoms with Gasteiger partial charge in [-0.2, -0.15) is 0 Å². The van der Waals surface area contributed by atoms with Crippen LogP contribution < -0.4 is 5.32 Å². The van der Waals surface area contributed by atoms with Crippen LogP contribution in [0.2, 0.25) is 0 Å². The van der Waals surface area contributed by atoms with E-state index in [0.29, 0.717) is 6.04 Å². The third-order valence-corrected chi connectivity index (χ3v) is 5.06. The van der Waals surface area contributed by atoms with Crippen molar-refractivity contribution in [3.8, 4) is 0 Å². The average molecular weight is 289 g/mol. The lowest BCUT2D eigenvalue weighted by molar-refractivity contribution is -0.0760. The summed E-state index contributed by atoms with van der Waals surface area (Å²) in [6.07, 6.45) is 5.99. The highest BCUT2D eigenvalue weighted by Crippen LogP contribution is 2.42. The Hall–Kier alpha value is -0.860. The summed E-state index contributed by atoms with van der Waals surface area (Å²) in [5.74, 6) is 0.832. The standard InChI is InChI=1S/C19H31NO/c1-5-14-20-18(17-8-6-15(2)7-9-17)19(21-4)12-10-16(3)11-13-19/h6-9,16,18,20H,5,10-14H2,1-4H3. The highest BCUT2D eigenvalue weighted by atomic mass is 16.5. The second-order valence-electron chi connectivity index (χ2n) is 6.75. The third-order valence-electron chi connectivity index (χ3n) is 5.06. The predicted molar refractivity (Wildman–Crippen MR) is 89.6 cm³/mol. The zero-order chi connectivity index (χ0) is 15.3. The topological polar surface area (TPSA) is 21.3 Å². The maximum Gasteiger partial charge on any atom is 0.0872 e. The van der Waals surface area contributed by atoms with Crippen molar-refractivity contribution in [1.29, 1.82) is 0 Å². The molecule has 1 aliphatic rings. The van der Waals surface area contributed by atoms with Gasteiger partial charge in [-0.25, -0.2) is 0 Å². The monoisotopic (exact) mass is 289 g/mol. The molecule has 0 amide bonds. The minimum absolute atomic E-state index is 0.0447. The Morgan fingerprint density at radius 1 is 1.24 bits per heavy atom. The summed E-state index contributed by atoms with van der Waals surface area (Å²) in [6.45, 7) is 7.77. The maximum absolute atomic E-state index is 6.11. The van der Waals surface area contributed by atoms with E-state index in [0.717, 1.165) is 31.7 Å². The summed E-state index contributed by atoms with van der Waals surface area (Å²) < 4.78 is 6.11. The molecule has 0 radical (unpaired) electrons. The largest absolute Gasteiger partial charge is 0.376 e. The molecular weight excluding hydrogens is 258 g/mol. The molecule has 21 heavy (non-hydrogen) atoms. The number of benzene rings is 1. The summed E-state index contributed by atoms with van der Waals surface area (Å²) in [5, 5.41) is 3.76. The Morgan fingerprint density at radius 2 is 1.86 bits per heavy atom. The van der Waals surface area contributed by atoms with Crippen LogP contribution in [0.1, 0.15) is 63.1 Å². The van der Waals surface area contributed by atoms with E-state index >= 15 is 0 Å². The van der Waals surface area contributed by atoms with Crippen molar-refractivity contribution in [3.05, 3.63) is 35.4 Å². The van der Waals surface area contributed by atoms with Crippen LogP contribution in [0.5, 0.6) is 0 Å². The zero-order valence-electron chi connectivity index (χ0n) is 14.1. The van der Waals surface area contributed by atoms with Gasteiger partial charge in [0.15, 0.2) is 0 Å². The molecule has 1 aromatic rings. The Morgan fingerprint density at radius 3 is 2.38 bits per heavy atom. The Balaban J connectivity index is 2.26. The third kappa shape index (κ3) is 3.87. The molecule has 0 bridgehead atoms. The minimum atomic E-state index is -0.0447. The van der Waals surface area contributed by atoms with Crippen LogP contribution in [0.15, 0.2) is 24.3 Å². The first-order valence-corrected chi connectivity index (χ1v) is 8.46. The van der Waals surface area contributed by atoms with Gasteiger partial charge in [0.05, 0.1) is 11.6 Å². The summed E-state index contributed by atoms with van der Waals surface area (Å²) in [5.41, 5.74) is 2.64. The van der Waals surface area contributed by atoms with Crippen LogP contribution in [0.3, 0.4) is 0 Å². The van der Waals surface area contributed by atoms with Gasteiger partial charge in [-0.05, 0) is 57.1 Å². The molecule has 2 nitrogen and oxygen atoms in total. The lowest BCUT2D eigenvalue weighted by atomic mass is 9.73. The number of hydrogen-bond acceptors (Lipinski definition) is 2. The van der Waals surface area contributed by atoms with E-state index in [1.165, 1.54) is 24.0 Å². The van der Waals surface area contributed by atoms with Crippen molar-refractivity contribution in [3.63, 3.8) is 0 Å². The van der Waals surface area contributed by atoms with Crippen LogP contribution in [-0.4, -0.2) is 19.3 Å². The van der Waals surface area contributed by atoms with E-state index in [4.69, 9.17) is 4.74 Å². The fourth-order valence-corrected chi connectivity index (χ4v) is 3.52. The van der Waals surface area contributed by atoms with Crippen molar-refractivity contribution in [2.75, 3.05) is 13.7 Å². The SMILES string of the molecule is CCCNC(c1ccc(C)cc1)C1(OC)CCC(C)CC1. The second kappa shape index (κ2) is 7.42. The van der Waals surface area contributed by atoms with Crippen LogP contribution in [-0.2, 0) is 4.74 Å². The molecule has 1 aliphatic carbocycles. The number of nitrogens with one attached hydrogen (secondary N) is 1.